The number of hydrogen-bond acceptors (Lipinski definition) is 4. The molecule has 0 bridgehead atoms. The summed E-state index contributed by atoms with van der Waals surface area (Å²) in [5.74, 6) is 2.21. The van der Waals surface area contributed by atoms with E-state index in [9.17, 15) is 4.79 Å². The number of aryl methyl sites for hydroxylation is 1. The normalized spacial score (nSPS) is 18.6. The van der Waals surface area contributed by atoms with Crippen LogP contribution in [0.1, 0.15) is 44.1 Å². The standard InChI is InChI=1S/C21H32N2O3.ClH/c1-16-2-4-19(14-20(16)26-15-18-8-12-25-13-9-18)23-21(24)5-3-17-6-10-22-11-7-17;/h2,4,14,17-18,22H,3,5-13,15H2,1H3,(H,23,24);1H. The summed E-state index contributed by atoms with van der Waals surface area (Å²) in [5, 5.41) is 6.40. The first-order valence-electron chi connectivity index (χ1n) is 10.0. The van der Waals surface area contributed by atoms with Gasteiger partial charge in [-0.2, -0.15) is 0 Å². The van der Waals surface area contributed by atoms with Crippen molar-refractivity contribution in [3.63, 3.8) is 0 Å². The Morgan fingerprint density at radius 2 is 1.93 bits per heavy atom. The van der Waals surface area contributed by atoms with Crippen molar-refractivity contribution in [2.24, 2.45) is 11.8 Å². The lowest BCUT2D eigenvalue weighted by Crippen LogP contribution is -2.28. The summed E-state index contributed by atoms with van der Waals surface area (Å²) < 4.78 is 11.4. The van der Waals surface area contributed by atoms with Gasteiger partial charge >= 0.3 is 0 Å². The van der Waals surface area contributed by atoms with Crippen molar-refractivity contribution in [3.05, 3.63) is 23.8 Å². The van der Waals surface area contributed by atoms with Gasteiger partial charge in [-0.1, -0.05) is 6.07 Å². The van der Waals surface area contributed by atoms with Gasteiger partial charge in [-0.05, 0) is 75.6 Å². The summed E-state index contributed by atoms with van der Waals surface area (Å²) in [6.45, 7) is 6.59. The van der Waals surface area contributed by atoms with Gasteiger partial charge in [0.15, 0.2) is 0 Å². The molecule has 2 saturated heterocycles. The Hall–Kier alpha value is -1.30. The van der Waals surface area contributed by atoms with E-state index in [0.29, 0.717) is 18.3 Å². The van der Waals surface area contributed by atoms with Gasteiger partial charge in [0.1, 0.15) is 5.75 Å². The topological polar surface area (TPSA) is 59.6 Å². The maximum Gasteiger partial charge on any atom is 0.224 e. The molecule has 0 radical (unpaired) electrons. The number of ether oxygens (including phenoxy) is 2. The van der Waals surface area contributed by atoms with Crippen LogP contribution in [0.15, 0.2) is 18.2 Å². The van der Waals surface area contributed by atoms with Crippen molar-refractivity contribution >= 4 is 24.0 Å². The van der Waals surface area contributed by atoms with Crippen LogP contribution in [0.4, 0.5) is 5.69 Å². The summed E-state index contributed by atoms with van der Waals surface area (Å²) >= 11 is 0. The Kier molecular flexibility index (Phi) is 9.39. The van der Waals surface area contributed by atoms with Gasteiger partial charge in [-0.15, -0.1) is 12.4 Å². The monoisotopic (exact) mass is 396 g/mol. The van der Waals surface area contributed by atoms with Gasteiger partial charge in [-0.3, -0.25) is 4.79 Å². The maximum absolute atomic E-state index is 12.3. The second-order valence-corrected chi connectivity index (χ2v) is 7.63. The first kappa shape index (κ1) is 22.0. The largest absolute Gasteiger partial charge is 0.493 e. The highest BCUT2D eigenvalue weighted by atomic mass is 35.5. The molecule has 2 N–H and O–H groups in total. The molecule has 0 atom stereocenters. The number of halogens is 1. The minimum atomic E-state index is 0. The van der Waals surface area contributed by atoms with Crippen LogP contribution in [0.5, 0.6) is 5.75 Å². The van der Waals surface area contributed by atoms with Gasteiger partial charge < -0.3 is 20.1 Å². The lowest BCUT2D eigenvalue weighted by molar-refractivity contribution is -0.116. The number of carbonyl (C=O) groups excluding carboxylic acids is 1. The van der Waals surface area contributed by atoms with E-state index in [0.717, 1.165) is 69.2 Å². The van der Waals surface area contributed by atoms with Gasteiger partial charge in [0.25, 0.3) is 0 Å². The molecule has 0 spiro atoms. The lowest BCUT2D eigenvalue weighted by atomic mass is 9.93. The van der Waals surface area contributed by atoms with E-state index in [1.807, 2.05) is 25.1 Å². The molecular weight excluding hydrogens is 364 g/mol. The molecule has 1 aromatic carbocycles. The first-order chi connectivity index (χ1) is 12.7. The average Bonchev–Trinajstić information content (AvgIpc) is 2.68. The van der Waals surface area contributed by atoms with Crippen molar-refractivity contribution in [1.82, 2.24) is 5.32 Å². The molecule has 6 heteroatoms. The Morgan fingerprint density at radius 1 is 1.19 bits per heavy atom. The smallest absolute Gasteiger partial charge is 0.224 e. The molecule has 0 unspecified atom stereocenters. The molecule has 0 saturated carbocycles. The zero-order valence-corrected chi connectivity index (χ0v) is 17.1. The third kappa shape index (κ3) is 7.32. The first-order valence-corrected chi connectivity index (χ1v) is 10.0. The molecule has 2 aliphatic rings. The average molecular weight is 397 g/mol. The summed E-state index contributed by atoms with van der Waals surface area (Å²) in [7, 11) is 0. The van der Waals surface area contributed by atoms with Crippen LogP contribution in [-0.2, 0) is 9.53 Å². The fraction of sp³-hybridized carbons (Fsp3) is 0.667. The van der Waals surface area contributed by atoms with Gasteiger partial charge in [0, 0.05) is 31.4 Å². The van der Waals surface area contributed by atoms with Crippen molar-refractivity contribution in [2.75, 3.05) is 38.2 Å². The molecule has 2 heterocycles. The van der Waals surface area contributed by atoms with Crippen molar-refractivity contribution in [1.29, 1.82) is 0 Å². The predicted octanol–water partition coefficient (Wildman–Crippen LogP) is 3.94. The molecule has 3 rings (SSSR count). The molecular formula is C21H33ClN2O3. The number of nitrogens with one attached hydrogen (secondary N) is 2. The zero-order valence-electron chi connectivity index (χ0n) is 16.3. The molecule has 1 aromatic rings. The van der Waals surface area contributed by atoms with E-state index >= 15 is 0 Å². The number of hydrogen-bond donors (Lipinski definition) is 2. The van der Waals surface area contributed by atoms with Crippen LogP contribution in [0.25, 0.3) is 0 Å². The SMILES string of the molecule is Cc1ccc(NC(=O)CCC2CCNCC2)cc1OCC1CCOCC1.Cl. The summed E-state index contributed by atoms with van der Waals surface area (Å²) in [4.78, 5) is 12.3. The van der Waals surface area contributed by atoms with Crippen LogP contribution >= 0.6 is 12.4 Å². The minimum absolute atomic E-state index is 0. The molecule has 5 nitrogen and oxygen atoms in total. The highest BCUT2D eigenvalue weighted by molar-refractivity contribution is 5.90. The molecule has 1 amide bonds. The summed E-state index contributed by atoms with van der Waals surface area (Å²) in [6, 6.07) is 5.93. The van der Waals surface area contributed by atoms with Crippen molar-refractivity contribution < 1.29 is 14.3 Å². The molecule has 27 heavy (non-hydrogen) atoms. The highest BCUT2D eigenvalue weighted by Crippen LogP contribution is 2.25. The fourth-order valence-corrected chi connectivity index (χ4v) is 3.68. The second kappa shape index (κ2) is 11.5. The Bertz CT molecular complexity index is 585. The van der Waals surface area contributed by atoms with E-state index in [4.69, 9.17) is 9.47 Å². The Labute approximate surface area is 169 Å². The number of anilines is 1. The van der Waals surface area contributed by atoms with Crippen LogP contribution in [0.3, 0.4) is 0 Å². The van der Waals surface area contributed by atoms with Crippen LogP contribution < -0.4 is 15.4 Å². The molecule has 0 aliphatic carbocycles. The Morgan fingerprint density at radius 3 is 2.67 bits per heavy atom. The van der Waals surface area contributed by atoms with Crippen LogP contribution in [-0.4, -0.2) is 38.8 Å². The van der Waals surface area contributed by atoms with Gasteiger partial charge in [-0.25, -0.2) is 0 Å². The molecule has 2 aliphatic heterocycles. The zero-order chi connectivity index (χ0) is 18.2. The lowest BCUT2D eigenvalue weighted by Gasteiger charge is -2.23. The van der Waals surface area contributed by atoms with E-state index in [2.05, 4.69) is 10.6 Å². The molecule has 152 valence electrons. The summed E-state index contributed by atoms with van der Waals surface area (Å²) in [5.41, 5.74) is 1.93. The van der Waals surface area contributed by atoms with E-state index < -0.39 is 0 Å². The number of amides is 1. The fourth-order valence-electron chi connectivity index (χ4n) is 3.68. The quantitative estimate of drug-likeness (QED) is 0.732. The van der Waals surface area contributed by atoms with Crippen LogP contribution in [0, 0.1) is 18.8 Å². The molecule has 0 aromatic heterocycles. The third-order valence-corrected chi connectivity index (χ3v) is 5.53. The minimum Gasteiger partial charge on any atom is -0.493 e. The van der Waals surface area contributed by atoms with E-state index in [1.165, 1.54) is 12.8 Å². The number of rotatable bonds is 7. The third-order valence-electron chi connectivity index (χ3n) is 5.53. The summed E-state index contributed by atoms with van der Waals surface area (Å²) in [6.07, 6.45) is 6.06. The van der Waals surface area contributed by atoms with Crippen LogP contribution in [0.2, 0.25) is 0 Å². The highest BCUT2D eigenvalue weighted by Gasteiger charge is 2.16. The number of carbonyl (C=O) groups is 1. The van der Waals surface area contributed by atoms with Gasteiger partial charge in [0.05, 0.1) is 6.61 Å². The maximum atomic E-state index is 12.3. The Balaban J connectivity index is 0.00000261. The van der Waals surface area contributed by atoms with E-state index in [-0.39, 0.29) is 18.3 Å². The van der Waals surface area contributed by atoms with Gasteiger partial charge in [0.2, 0.25) is 5.91 Å². The number of benzene rings is 1. The van der Waals surface area contributed by atoms with E-state index in [1.54, 1.807) is 0 Å². The predicted molar refractivity (Wildman–Crippen MR) is 111 cm³/mol. The van der Waals surface area contributed by atoms with Crippen molar-refractivity contribution in [3.8, 4) is 5.75 Å². The van der Waals surface area contributed by atoms with Crippen molar-refractivity contribution in [2.45, 2.75) is 45.4 Å². The molecule has 2 fully saturated rings. The second-order valence-electron chi connectivity index (χ2n) is 7.63. The number of piperidine rings is 1.